The lowest BCUT2D eigenvalue weighted by Gasteiger charge is -2.29. The monoisotopic (exact) mass is 426 g/mol. The van der Waals surface area contributed by atoms with Crippen molar-refractivity contribution in [3.05, 3.63) is 40.9 Å². The first-order valence-corrected chi connectivity index (χ1v) is 10.4. The fraction of sp³-hybridized carbons (Fsp3) is 0.412. The number of thiocarbonyl (C=S) groups is 1. The third-order valence-corrected chi connectivity index (χ3v) is 5.78. The number of amides is 1. The molecule has 1 aliphatic heterocycles. The lowest BCUT2D eigenvalue weighted by atomic mass is 9.96. The van der Waals surface area contributed by atoms with Crippen LogP contribution in [0.25, 0.3) is 5.69 Å². The number of thioether (sulfide) groups is 1. The van der Waals surface area contributed by atoms with Crippen LogP contribution in [0.2, 0.25) is 5.02 Å². The van der Waals surface area contributed by atoms with Gasteiger partial charge < -0.3 is 14.7 Å². The van der Waals surface area contributed by atoms with Crippen LogP contribution in [-0.2, 0) is 11.3 Å². The second kappa shape index (κ2) is 8.90. The van der Waals surface area contributed by atoms with Crippen molar-refractivity contribution >= 4 is 46.1 Å². The Hall–Kier alpha value is -1.84. The summed E-state index contributed by atoms with van der Waals surface area (Å²) in [6.07, 6.45) is 2.37. The Morgan fingerprint density at radius 3 is 2.59 bits per heavy atom. The summed E-state index contributed by atoms with van der Waals surface area (Å²) in [7, 11) is 0. The normalized spacial score (nSPS) is 15.0. The quantitative estimate of drug-likeness (QED) is 0.741. The van der Waals surface area contributed by atoms with Crippen molar-refractivity contribution in [1.29, 1.82) is 0 Å². The van der Waals surface area contributed by atoms with Crippen LogP contribution in [-0.4, -0.2) is 54.6 Å². The van der Waals surface area contributed by atoms with Gasteiger partial charge in [-0.2, -0.15) is 0 Å². The first kappa shape index (κ1) is 19.9. The van der Waals surface area contributed by atoms with E-state index in [1.54, 1.807) is 0 Å². The number of nitrogens with zero attached hydrogens (tertiary/aromatic N) is 4. The number of likely N-dealkylation sites (tertiary alicyclic amines) is 1. The van der Waals surface area contributed by atoms with Crippen molar-refractivity contribution in [1.82, 2.24) is 19.7 Å². The molecular weight excluding hydrogens is 408 g/mol. The van der Waals surface area contributed by atoms with E-state index in [4.69, 9.17) is 33.7 Å². The van der Waals surface area contributed by atoms with Crippen LogP contribution in [0, 0.1) is 0 Å². The smallest absolute Gasteiger partial charge is 0.407 e. The molecule has 0 saturated carbocycles. The summed E-state index contributed by atoms with van der Waals surface area (Å²) in [6, 6.07) is 7.42. The zero-order valence-corrected chi connectivity index (χ0v) is 17.1. The van der Waals surface area contributed by atoms with Crippen molar-refractivity contribution in [3.8, 4) is 5.69 Å². The minimum Gasteiger partial charge on any atom is -0.470 e. The molecule has 27 heavy (non-hydrogen) atoms. The number of hydrogen-bond acceptors (Lipinski definition) is 6. The maximum atomic E-state index is 11.1. The van der Waals surface area contributed by atoms with E-state index >= 15 is 0 Å². The van der Waals surface area contributed by atoms with E-state index in [9.17, 15) is 4.79 Å². The molecule has 0 unspecified atom stereocenters. The largest absolute Gasteiger partial charge is 0.470 e. The summed E-state index contributed by atoms with van der Waals surface area (Å²) >= 11 is 12.5. The third-order valence-electron chi connectivity index (χ3n) is 4.46. The van der Waals surface area contributed by atoms with E-state index < -0.39 is 6.09 Å². The Labute approximate surface area is 171 Å². The van der Waals surface area contributed by atoms with Crippen LogP contribution < -0.4 is 0 Å². The molecule has 1 amide bonds. The summed E-state index contributed by atoms with van der Waals surface area (Å²) in [4.78, 5) is 12.6. The second-order valence-corrected chi connectivity index (χ2v) is 7.92. The number of carboxylic acid groups (broad SMARTS) is 1. The number of carbonyl (C=O) groups is 1. The summed E-state index contributed by atoms with van der Waals surface area (Å²) in [6.45, 7) is 1.18. The predicted molar refractivity (Wildman–Crippen MR) is 109 cm³/mol. The van der Waals surface area contributed by atoms with E-state index in [0.29, 0.717) is 41.2 Å². The van der Waals surface area contributed by atoms with Crippen molar-refractivity contribution < 1.29 is 14.6 Å². The van der Waals surface area contributed by atoms with Crippen LogP contribution in [0.5, 0.6) is 0 Å². The number of hydrogen-bond donors (Lipinski definition) is 1. The molecular formula is C17H19ClN4O3S2. The number of aromatic nitrogens is 3. The fourth-order valence-electron chi connectivity index (χ4n) is 3.07. The topological polar surface area (TPSA) is 80.5 Å². The van der Waals surface area contributed by atoms with Gasteiger partial charge in [0.05, 0.1) is 0 Å². The van der Waals surface area contributed by atoms with Crippen LogP contribution >= 0.6 is 35.6 Å². The average Bonchev–Trinajstić information content (AvgIpc) is 3.10. The minimum absolute atomic E-state index is 0.116. The molecule has 7 nitrogen and oxygen atoms in total. The highest BCUT2D eigenvalue weighted by molar-refractivity contribution is 8.22. The number of rotatable bonds is 4. The highest BCUT2D eigenvalue weighted by Crippen LogP contribution is 2.30. The molecule has 2 heterocycles. The Morgan fingerprint density at radius 2 is 2.00 bits per heavy atom. The lowest BCUT2D eigenvalue weighted by Crippen LogP contribution is -2.37. The Balaban J connectivity index is 1.89. The maximum absolute atomic E-state index is 11.1. The standard InChI is InChI=1S/C17H19ClN4O3S2/c1-27-17(26)25-10-14-19-20-15(11-6-8-21(9-7-11)16(23)24)22(14)13-4-2-12(18)3-5-13/h2-5,11H,6-10H2,1H3,(H,23,24). The number of ether oxygens (including phenoxy) is 1. The number of benzene rings is 1. The van der Waals surface area contributed by atoms with Crippen LogP contribution in [0.15, 0.2) is 24.3 Å². The van der Waals surface area contributed by atoms with E-state index in [-0.39, 0.29) is 12.5 Å². The summed E-state index contributed by atoms with van der Waals surface area (Å²) in [5.74, 6) is 1.56. The van der Waals surface area contributed by atoms with Crippen molar-refractivity contribution in [2.45, 2.75) is 25.4 Å². The zero-order chi connectivity index (χ0) is 19.4. The molecule has 10 heteroatoms. The number of piperidine rings is 1. The molecule has 0 spiro atoms. The molecule has 1 aromatic heterocycles. The summed E-state index contributed by atoms with van der Waals surface area (Å²) in [5, 5.41) is 18.5. The first-order valence-electron chi connectivity index (χ1n) is 8.38. The maximum Gasteiger partial charge on any atom is 0.407 e. The molecule has 0 aliphatic carbocycles. The molecule has 0 bridgehead atoms. The average molecular weight is 427 g/mol. The molecule has 2 aromatic rings. The minimum atomic E-state index is -0.882. The van der Waals surface area contributed by atoms with E-state index in [0.717, 1.165) is 11.5 Å². The van der Waals surface area contributed by atoms with Crippen molar-refractivity contribution in [3.63, 3.8) is 0 Å². The Kier molecular flexibility index (Phi) is 6.56. The lowest BCUT2D eigenvalue weighted by molar-refractivity contribution is 0.131. The molecule has 0 atom stereocenters. The summed E-state index contributed by atoms with van der Waals surface area (Å²) < 4.78 is 7.97. The van der Waals surface area contributed by atoms with Crippen LogP contribution in [0.3, 0.4) is 0 Å². The SMILES string of the molecule is CSC(=S)OCc1nnc(C2CCN(C(=O)O)CC2)n1-c1ccc(Cl)cc1. The molecule has 144 valence electrons. The van der Waals surface area contributed by atoms with Gasteiger partial charge >= 0.3 is 6.09 Å². The van der Waals surface area contributed by atoms with Gasteiger partial charge in [0.2, 0.25) is 4.38 Å². The first-order chi connectivity index (χ1) is 13.0. The Morgan fingerprint density at radius 1 is 1.33 bits per heavy atom. The van der Waals surface area contributed by atoms with Gasteiger partial charge in [-0.25, -0.2) is 4.79 Å². The van der Waals surface area contributed by atoms with Gasteiger partial charge in [-0.15, -0.1) is 10.2 Å². The van der Waals surface area contributed by atoms with Gasteiger partial charge in [0.25, 0.3) is 0 Å². The molecule has 3 rings (SSSR count). The Bertz CT molecular complexity index is 820. The molecule has 1 fully saturated rings. The van der Waals surface area contributed by atoms with E-state index in [1.165, 1.54) is 16.7 Å². The molecule has 1 N–H and O–H groups in total. The summed E-state index contributed by atoms with van der Waals surface area (Å²) in [5.41, 5.74) is 0.883. The molecule has 1 aliphatic rings. The molecule has 1 aromatic carbocycles. The van der Waals surface area contributed by atoms with Gasteiger partial charge in [0.1, 0.15) is 12.4 Å². The highest BCUT2D eigenvalue weighted by Gasteiger charge is 2.28. The highest BCUT2D eigenvalue weighted by atomic mass is 35.5. The van der Waals surface area contributed by atoms with Crippen molar-refractivity contribution in [2.24, 2.45) is 0 Å². The van der Waals surface area contributed by atoms with Gasteiger partial charge in [-0.3, -0.25) is 4.57 Å². The fourth-order valence-corrected chi connectivity index (χ4v) is 3.43. The number of halogens is 1. The predicted octanol–water partition coefficient (Wildman–Crippen LogP) is 3.94. The molecule has 0 radical (unpaired) electrons. The van der Waals surface area contributed by atoms with Gasteiger partial charge in [-0.1, -0.05) is 23.4 Å². The van der Waals surface area contributed by atoms with E-state index in [1.807, 2.05) is 35.1 Å². The van der Waals surface area contributed by atoms with Gasteiger partial charge in [0, 0.05) is 29.7 Å². The molecule has 1 saturated heterocycles. The van der Waals surface area contributed by atoms with Gasteiger partial charge in [-0.05, 0) is 55.6 Å². The van der Waals surface area contributed by atoms with E-state index in [2.05, 4.69) is 10.2 Å². The third kappa shape index (κ3) is 4.72. The zero-order valence-electron chi connectivity index (χ0n) is 14.7. The van der Waals surface area contributed by atoms with Crippen LogP contribution in [0.1, 0.15) is 30.4 Å². The second-order valence-electron chi connectivity index (χ2n) is 6.07. The van der Waals surface area contributed by atoms with Crippen molar-refractivity contribution in [2.75, 3.05) is 19.3 Å². The van der Waals surface area contributed by atoms with Crippen LogP contribution in [0.4, 0.5) is 4.79 Å². The van der Waals surface area contributed by atoms with Gasteiger partial charge in [0.15, 0.2) is 5.82 Å².